The summed E-state index contributed by atoms with van der Waals surface area (Å²) < 4.78 is 35.6. The van der Waals surface area contributed by atoms with Gasteiger partial charge in [-0.15, -0.1) is 0 Å². The number of carbonyl (C=O) groups is 2. The summed E-state index contributed by atoms with van der Waals surface area (Å²) in [5.74, 6) is -0.0979. The Hall–Kier alpha value is 1.26. The van der Waals surface area contributed by atoms with E-state index in [1.807, 2.05) is 0 Å². The SMILES string of the molecule is CCCCC(CC)C(=O)[O][Sn]([CH2]CCC)([CH2]CCC)[O][Sn]([CH2]CCC)([CH2]CCC)[O][Sn]([CH2]CCC)([CH2]CCC)[O]C(=O)C(CC)CCCC. The molecular formula is C40H84O6Sn3. The van der Waals surface area contributed by atoms with Crippen LogP contribution >= 0.6 is 0 Å². The van der Waals surface area contributed by atoms with Crippen molar-refractivity contribution in [2.45, 2.75) is 224 Å². The number of hydrogen-bond acceptors (Lipinski definition) is 6. The number of hydrogen-bond donors (Lipinski definition) is 0. The second kappa shape index (κ2) is 30.6. The molecule has 0 fully saturated rings. The van der Waals surface area contributed by atoms with Gasteiger partial charge in [0.2, 0.25) is 0 Å². The van der Waals surface area contributed by atoms with Crippen LogP contribution in [0.3, 0.4) is 0 Å². The fourth-order valence-electron chi connectivity index (χ4n) is 6.82. The van der Waals surface area contributed by atoms with Crippen LogP contribution in [0.1, 0.15) is 198 Å². The quantitative estimate of drug-likeness (QED) is 0.0598. The zero-order chi connectivity index (χ0) is 37.0. The van der Waals surface area contributed by atoms with Crippen molar-refractivity contribution in [3.63, 3.8) is 0 Å². The predicted octanol–water partition coefficient (Wildman–Crippen LogP) is 13.7. The van der Waals surface area contributed by atoms with Crippen molar-refractivity contribution >= 4 is 69.6 Å². The molecule has 6 nitrogen and oxygen atoms in total. The third-order valence-corrected chi connectivity index (χ3v) is 65.4. The molecule has 0 amide bonds. The van der Waals surface area contributed by atoms with Crippen LogP contribution in [0.15, 0.2) is 0 Å². The molecule has 292 valence electrons. The van der Waals surface area contributed by atoms with Crippen molar-refractivity contribution in [1.29, 1.82) is 0 Å². The Morgan fingerprint density at radius 1 is 0.388 bits per heavy atom. The first-order valence-electron chi connectivity index (χ1n) is 21.4. The van der Waals surface area contributed by atoms with Gasteiger partial charge < -0.3 is 0 Å². The number of unbranched alkanes of at least 4 members (excludes halogenated alkanes) is 8. The average molecular weight is 1020 g/mol. The van der Waals surface area contributed by atoms with E-state index in [0.717, 1.165) is 155 Å². The maximum atomic E-state index is 14.1. The summed E-state index contributed by atoms with van der Waals surface area (Å²) in [6, 6.07) is 0. The van der Waals surface area contributed by atoms with Crippen LogP contribution < -0.4 is 0 Å². The predicted molar refractivity (Wildman–Crippen MR) is 217 cm³/mol. The second-order valence-corrected chi connectivity index (χ2v) is 49.2. The molecule has 0 aromatic rings. The summed E-state index contributed by atoms with van der Waals surface area (Å²) in [7, 11) is 0. The molecule has 0 bridgehead atoms. The molecule has 0 aliphatic rings. The summed E-state index contributed by atoms with van der Waals surface area (Å²) in [6.45, 7) is 22.2. The van der Waals surface area contributed by atoms with Gasteiger partial charge in [-0.2, -0.15) is 0 Å². The molecule has 0 rings (SSSR count). The summed E-state index contributed by atoms with van der Waals surface area (Å²) in [5.41, 5.74) is 0. The van der Waals surface area contributed by atoms with Crippen LogP contribution in [0.4, 0.5) is 0 Å². The third-order valence-electron chi connectivity index (χ3n) is 10.2. The van der Waals surface area contributed by atoms with E-state index in [2.05, 4.69) is 69.2 Å². The van der Waals surface area contributed by atoms with E-state index >= 15 is 0 Å². The monoisotopic (exact) mass is 1020 g/mol. The van der Waals surface area contributed by atoms with Crippen LogP contribution in [-0.2, 0) is 18.6 Å². The summed E-state index contributed by atoms with van der Waals surface area (Å²) in [6.07, 6.45) is 20.4. The van der Waals surface area contributed by atoms with Crippen LogP contribution in [0.5, 0.6) is 0 Å². The van der Waals surface area contributed by atoms with Gasteiger partial charge in [0.25, 0.3) is 0 Å². The van der Waals surface area contributed by atoms with Crippen molar-refractivity contribution in [3.05, 3.63) is 0 Å². The number of rotatable bonds is 34. The van der Waals surface area contributed by atoms with E-state index in [1.165, 1.54) is 0 Å². The van der Waals surface area contributed by atoms with E-state index in [9.17, 15) is 9.59 Å². The van der Waals surface area contributed by atoms with Gasteiger partial charge in [-0.1, -0.05) is 0 Å². The van der Waals surface area contributed by atoms with Crippen molar-refractivity contribution < 1.29 is 18.6 Å². The summed E-state index contributed by atoms with van der Waals surface area (Å²) in [5, 5.41) is 0. The molecule has 2 atom stereocenters. The molecule has 0 radical (unpaired) electrons. The third kappa shape index (κ3) is 20.5. The minimum atomic E-state index is -4.03. The van der Waals surface area contributed by atoms with Crippen molar-refractivity contribution in [2.75, 3.05) is 0 Å². The first-order chi connectivity index (χ1) is 23.6. The first kappa shape index (κ1) is 50.3. The number of carbonyl (C=O) groups excluding carboxylic acids is 2. The van der Waals surface area contributed by atoms with E-state index in [0.29, 0.717) is 0 Å². The molecule has 0 heterocycles. The molecular weight excluding hydrogens is 933 g/mol. The van der Waals surface area contributed by atoms with E-state index < -0.39 is 57.6 Å². The van der Waals surface area contributed by atoms with Gasteiger partial charge in [0.1, 0.15) is 0 Å². The Balaban J connectivity index is 7.39. The Morgan fingerprint density at radius 2 is 0.633 bits per heavy atom. The van der Waals surface area contributed by atoms with Gasteiger partial charge in [0.05, 0.1) is 0 Å². The maximum absolute atomic E-state index is 14.1. The van der Waals surface area contributed by atoms with E-state index in [4.69, 9.17) is 8.97 Å². The van der Waals surface area contributed by atoms with Gasteiger partial charge >= 0.3 is 324 Å². The topological polar surface area (TPSA) is 71.1 Å². The molecule has 49 heavy (non-hydrogen) atoms. The summed E-state index contributed by atoms with van der Waals surface area (Å²) in [4.78, 5) is 28.2. The van der Waals surface area contributed by atoms with Gasteiger partial charge in [-0.3, -0.25) is 0 Å². The molecule has 0 aliphatic carbocycles. The van der Waals surface area contributed by atoms with Crippen molar-refractivity contribution in [1.82, 2.24) is 0 Å². The molecule has 0 spiro atoms. The Bertz CT molecular complexity index is 744. The fraction of sp³-hybridized carbons (Fsp3) is 0.950. The molecule has 0 saturated heterocycles. The Kier molecular flexibility index (Phi) is 31.4. The van der Waals surface area contributed by atoms with Gasteiger partial charge in [0.15, 0.2) is 0 Å². The molecule has 9 heteroatoms. The zero-order valence-electron chi connectivity index (χ0n) is 34.5. The molecule has 0 aromatic carbocycles. The standard InChI is InChI=1S/2C8H16O2.6C4H9.2O.3Sn/c2*1-3-5-6-7(4-2)8(9)10;6*1-3-4-2;;;;;/h2*7H,3-6H2,1-2H3,(H,9,10);6*1,3-4H2,2H3;;;;;/q;;;;;;;;;;;2*+1/p-2. The summed E-state index contributed by atoms with van der Waals surface area (Å²) >= 11 is -12.1. The van der Waals surface area contributed by atoms with Gasteiger partial charge in [-0.25, -0.2) is 0 Å². The van der Waals surface area contributed by atoms with Crippen LogP contribution in [0.2, 0.25) is 26.6 Å². The van der Waals surface area contributed by atoms with Gasteiger partial charge in [0, 0.05) is 0 Å². The van der Waals surface area contributed by atoms with E-state index in [-0.39, 0.29) is 23.8 Å². The first-order valence-corrected chi connectivity index (χ1v) is 40.5. The van der Waals surface area contributed by atoms with Gasteiger partial charge in [-0.05, 0) is 0 Å². The van der Waals surface area contributed by atoms with Crippen LogP contribution in [0, 0.1) is 11.8 Å². The Labute approximate surface area is 321 Å². The molecule has 0 saturated carbocycles. The van der Waals surface area contributed by atoms with Crippen molar-refractivity contribution in [3.8, 4) is 0 Å². The molecule has 0 aromatic heterocycles. The molecule has 0 aliphatic heterocycles. The van der Waals surface area contributed by atoms with Crippen LogP contribution in [-0.4, -0.2) is 69.6 Å². The van der Waals surface area contributed by atoms with Crippen LogP contribution in [0.25, 0.3) is 0 Å². The Morgan fingerprint density at radius 3 is 0.857 bits per heavy atom. The fourth-order valence-corrected chi connectivity index (χ4v) is 84.3. The van der Waals surface area contributed by atoms with Crippen molar-refractivity contribution in [2.24, 2.45) is 11.8 Å². The second-order valence-electron chi connectivity index (χ2n) is 14.9. The average Bonchev–Trinajstić information content (AvgIpc) is 3.10. The normalized spacial score (nSPS) is 13.8. The zero-order valence-corrected chi connectivity index (χ0v) is 43.1. The molecule has 0 N–H and O–H groups in total. The minimum absolute atomic E-state index is 0.00464. The molecule has 2 unspecified atom stereocenters. The van der Waals surface area contributed by atoms with E-state index in [1.54, 1.807) is 0 Å².